The highest BCUT2D eigenvalue weighted by Gasteiger charge is 2.49. The van der Waals surface area contributed by atoms with Crippen LogP contribution in [0.4, 0.5) is 0 Å². The second-order valence-corrected chi connectivity index (χ2v) is 9.20. The lowest BCUT2D eigenvalue weighted by molar-refractivity contribution is -0.149. The third-order valence-corrected chi connectivity index (χ3v) is 6.05. The summed E-state index contributed by atoms with van der Waals surface area (Å²) in [4.78, 5) is 11.0. The van der Waals surface area contributed by atoms with E-state index >= 15 is 0 Å². The van der Waals surface area contributed by atoms with E-state index in [4.69, 9.17) is 38.0 Å². The summed E-state index contributed by atoms with van der Waals surface area (Å²) in [5.74, 6) is -0.282. The number of nitrogens with one attached hydrogen (secondary N) is 1. The Morgan fingerprint density at radius 2 is 2.00 bits per heavy atom. The minimum absolute atomic E-state index is 0.0375. The SMILES string of the molecule is [B][C@@H]1OC[C@@H](OP(=O)(N[C@@H](C)C(=O)OC(C)C)Oc2ccccc2)[C@@]1(C)Cl. The summed E-state index contributed by atoms with van der Waals surface area (Å²) >= 11 is 6.39. The Morgan fingerprint density at radius 3 is 2.52 bits per heavy atom. The van der Waals surface area contributed by atoms with Gasteiger partial charge in [-0.25, -0.2) is 4.57 Å². The predicted octanol–water partition coefficient (Wildman–Crippen LogP) is 3.01. The quantitative estimate of drug-likeness (QED) is 0.302. The molecule has 1 aliphatic rings. The number of para-hydroxylation sites is 1. The summed E-state index contributed by atoms with van der Waals surface area (Å²) in [7, 11) is 1.80. The number of carbonyl (C=O) groups excluding carboxylic acids is 1. The summed E-state index contributed by atoms with van der Waals surface area (Å²) in [6, 6.07) is 6.72. The number of hydrogen-bond acceptors (Lipinski definition) is 6. The Kier molecular flexibility index (Phi) is 7.39. The van der Waals surface area contributed by atoms with Crippen molar-refractivity contribution in [1.29, 1.82) is 0 Å². The van der Waals surface area contributed by atoms with Crippen LogP contribution in [0.2, 0.25) is 0 Å². The normalized spacial score (nSPS) is 28.5. The monoisotopic (exact) mass is 415 g/mol. The van der Waals surface area contributed by atoms with E-state index in [2.05, 4.69) is 5.09 Å². The Bertz CT molecular complexity index is 689. The van der Waals surface area contributed by atoms with Gasteiger partial charge in [0.2, 0.25) is 0 Å². The first kappa shape index (κ1) is 22.2. The zero-order valence-corrected chi connectivity index (χ0v) is 17.4. The molecule has 1 heterocycles. The number of rotatable bonds is 8. The van der Waals surface area contributed by atoms with Crippen molar-refractivity contribution in [3.8, 4) is 5.75 Å². The molecule has 1 aromatic rings. The largest absolute Gasteiger partial charge is 0.462 e. The lowest BCUT2D eigenvalue weighted by atomic mass is 9.86. The van der Waals surface area contributed by atoms with E-state index in [0.717, 1.165) is 0 Å². The fourth-order valence-electron chi connectivity index (χ4n) is 2.32. The molecule has 7 nitrogen and oxygen atoms in total. The highest BCUT2D eigenvalue weighted by Crippen LogP contribution is 2.50. The van der Waals surface area contributed by atoms with Gasteiger partial charge < -0.3 is 14.0 Å². The van der Waals surface area contributed by atoms with Crippen molar-refractivity contribution in [3.05, 3.63) is 30.3 Å². The van der Waals surface area contributed by atoms with Gasteiger partial charge in [0.25, 0.3) is 0 Å². The molecule has 2 radical (unpaired) electrons. The first-order valence-corrected chi connectivity index (χ1v) is 10.5. The molecule has 5 atom stereocenters. The average molecular weight is 416 g/mol. The van der Waals surface area contributed by atoms with Crippen LogP contribution < -0.4 is 9.61 Å². The summed E-state index contributed by atoms with van der Waals surface area (Å²) in [6.07, 6.45) is -1.13. The van der Waals surface area contributed by atoms with E-state index in [1.165, 1.54) is 6.92 Å². The molecular weight excluding hydrogens is 391 g/mol. The lowest BCUT2D eigenvalue weighted by Gasteiger charge is -2.30. The van der Waals surface area contributed by atoms with Crippen LogP contribution in [0.3, 0.4) is 0 Å². The average Bonchev–Trinajstić information content (AvgIpc) is 2.81. The van der Waals surface area contributed by atoms with Crippen molar-refractivity contribution in [2.75, 3.05) is 6.61 Å². The number of benzene rings is 1. The van der Waals surface area contributed by atoms with E-state index in [1.54, 1.807) is 51.1 Å². The van der Waals surface area contributed by atoms with Crippen LogP contribution in [-0.4, -0.2) is 49.5 Å². The van der Waals surface area contributed by atoms with Gasteiger partial charge in [-0.05, 0) is 39.8 Å². The van der Waals surface area contributed by atoms with Crippen LogP contribution in [0.15, 0.2) is 30.3 Å². The van der Waals surface area contributed by atoms with Crippen molar-refractivity contribution in [2.24, 2.45) is 0 Å². The second-order valence-electron chi connectivity index (χ2n) is 6.74. The van der Waals surface area contributed by atoms with E-state index in [9.17, 15) is 9.36 Å². The minimum Gasteiger partial charge on any atom is -0.462 e. The summed E-state index contributed by atoms with van der Waals surface area (Å²) in [6.45, 7) is 6.61. The lowest BCUT2D eigenvalue weighted by Crippen LogP contribution is -2.42. The molecule has 2 rings (SSSR count). The topological polar surface area (TPSA) is 83.1 Å². The van der Waals surface area contributed by atoms with Crippen molar-refractivity contribution in [1.82, 2.24) is 5.09 Å². The van der Waals surface area contributed by atoms with Crippen molar-refractivity contribution in [2.45, 2.75) is 56.8 Å². The number of carbonyl (C=O) groups is 1. The Morgan fingerprint density at radius 1 is 1.37 bits per heavy atom. The summed E-state index contributed by atoms with van der Waals surface area (Å²) < 4.78 is 35.1. The number of hydrogen-bond donors (Lipinski definition) is 1. The zero-order chi connectivity index (χ0) is 20.2. The molecule has 148 valence electrons. The van der Waals surface area contributed by atoms with Gasteiger partial charge in [0.15, 0.2) is 0 Å². The summed E-state index contributed by atoms with van der Waals surface area (Å²) in [5.41, 5.74) is 0. The Hall–Kier alpha value is -1.05. The smallest absolute Gasteiger partial charge is 0.459 e. The Labute approximate surface area is 166 Å². The van der Waals surface area contributed by atoms with Crippen LogP contribution in [0.25, 0.3) is 0 Å². The Balaban J connectivity index is 2.20. The van der Waals surface area contributed by atoms with Gasteiger partial charge in [0.05, 0.1) is 17.6 Å². The van der Waals surface area contributed by atoms with Crippen LogP contribution in [0.1, 0.15) is 27.7 Å². The molecule has 0 aliphatic carbocycles. The van der Waals surface area contributed by atoms with E-state index < -0.39 is 36.7 Å². The molecular formula is C17H24BClNO6P. The van der Waals surface area contributed by atoms with Crippen molar-refractivity contribution < 1.29 is 27.9 Å². The van der Waals surface area contributed by atoms with Gasteiger partial charge in [-0.1, -0.05) is 18.2 Å². The van der Waals surface area contributed by atoms with Gasteiger partial charge >= 0.3 is 13.7 Å². The van der Waals surface area contributed by atoms with E-state index in [0.29, 0.717) is 5.75 Å². The standard InChI is InChI=1S/C17H24BClNO6P/c1-11(2)24-15(21)12(3)20-27(22,25-13-8-6-5-7-9-13)26-14-10-23-16(18)17(14,4)19/h5-9,11-12,14,16H,10H2,1-4H3,(H,20,22)/t12-,14+,16+,17+,27?/m0/s1. The molecule has 1 N–H and O–H groups in total. The number of esters is 1. The zero-order valence-electron chi connectivity index (χ0n) is 15.8. The maximum absolute atomic E-state index is 13.4. The van der Waals surface area contributed by atoms with Crippen LogP contribution in [0.5, 0.6) is 5.75 Å². The molecule has 1 aliphatic heterocycles. The van der Waals surface area contributed by atoms with Gasteiger partial charge in [-0.15, -0.1) is 11.6 Å². The highest BCUT2D eigenvalue weighted by molar-refractivity contribution is 7.52. The molecule has 1 saturated heterocycles. The minimum atomic E-state index is -4.02. The number of halogens is 1. The fraction of sp³-hybridized carbons (Fsp3) is 0.588. The second kappa shape index (κ2) is 8.97. The molecule has 10 heteroatoms. The van der Waals surface area contributed by atoms with Crippen molar-refractivity contribution in [3.63, 3.8) is 0 Å². The predicted molar refractivity (Wildman–Crippen MR) is 103 cm³/mol. The van der Waals surface area contributed by atoms with Crippen LogP contribution in [0, 0.1) is 0 Å². The van der Waals surface area contributed by atoms with E-state index in [1.807, 2.05) is 0 Å². The van der Waals surface area contributed by atoms with Gasteiger partial charge in [-0.2, -0.15) is 5.09 Å². The van der Waals surface area contributed by atoms with Gasteiger partial charge in [-0.3, -0.25) is 9.32 Å². The molecule has 0 amide bonds. The van der Waals surface area contributed by atoms with Crippen molar-refractivity contribution >= 4 is 33.2 Å². The number of alkyl halides is 1. The molecule has 0 aromatic heterocycles. The number of ether oxygens (including phenoxy) is 2. The third-order valence-electron chi connectivity index (χ3n) is 3.91. The summed E-state index contributed by atoms with van der Waals surface area (Å²) in [5, 5.41) is 2.61. The maximum Gasteiger partial charge on any atom is 0.459 e. The molecule has 0 spiro atoms. The molecule has 27 heavy (non-hydrogen) atoms. The molecule has 0 bridgehead atoms. The maximum atomic E-state index is 13.4. The third kappa shape index (κ3) is 5.96. The molecule has 1 aromatic carbocycles. The molecule has 1 unspecified atom stereocenters. The van der Waals surface area contributed by atoms with Crippen LogP contribution >= 0.6 is 19.3 Å². The first-order valence-electron chi connectivity index (χ1n) is 8.61. The van der Waals surface area contributed by atoms with Crippen LogP contribution in [-0.2, 0) is 23.4 Å². The first-order chi connectivity index (χ1) is 12.5. The highest BCUT2D eigenvalue weighted by atomic mass is 35.5. The molecule has 0 saturated carbocycles. The van der Waals surface area contributed by atoms with E-state index in [-0.39, 0.29) is 12.7 Å². The van der Waals surface area contributed by atoms with Gasteiger partial charge in [0, 0.05) is 6.00 Å². The van der Waals surface area contributed by atoms with Gasteiger partial charge in [0.1, 0.15) is 25.7 Å². The molecule has 1 fully saturated rings. The fourth-order valence-corrected chi connectivity index (χ4v) is 4.31.